The van der Waals surface area contributed by atoms with Crippen molar-refractivity contribution in [2.24, 2.45) is 11.1 Å². The first-order chi connectivity index (χ1) is 9.00. The first kappa shape index (κ1) is 17.7. The maximum Gasteiger partial charge on any atom is 0.242 e. The van der Waals surface area contributed by atoms with Gasteiger partial charge in [0, 0.05) is 23.2 Å². The summed E-state index contributed by atoms with van der Waals surface area (Å²) in [5.41, 5.74) is 5.77. The molecule has 0 saturated carbocycles. The average Bonchev–Trinajstić information content (AvgIpc) is 2.27. The summed E-state index contributed by atoms with van der Waals surface area (Å²) in [5, 5.41) is 0.439. The van der Waals surface area contributed by atoms with E-state index in [-0.39, 0.29) is 27.9 Å². The van der Waals surface area contributed by atoms with Gasteiger partial charge in [-0.15, -0.1) is 0 Å². The molecular formula is C13H20Cl2N2O2S. The van der Waals surface area contributed by atoms with Crippen LogP contribution in [0, 0.1) is 5.41 Å². The minimum Gasteiger partial charge on any atom is -0.326 e. The second kappa shape index (κ2) is 6.20. The molecule has 0 amide bonds. The van der Waals surface area contributed by atoms with Gasteiger partial charge in [0.25, 0.3) is 0 Å². The molecule has 1 atom stereocenters. The largest absolute Gasteiger partial charge is 0.326 e. The van der Waals surface area contributed by atoms with Crippen LogP contribution in [0.2, 0.25) is 10.0 Å². The molecule has 3 N–H and O–H groups in total. The quantitative estimate of drug-likeness (QED) is 0.885. The van der Waals surface area contributed by atoms with E-state index >= 15 is 0 Å². The van der Waals surface area contributed by atoms with Crippen LogP contribution in [0.5, 0.6) is 0 Å². The Kier molecular flexibility index (Phi) is 5.49. The standard InChI is InChI=1S/C13H20Cl2N2O2S/c1-8(13(2,3)4)17-20(18,19)11-6-5-10(14)9(7-16)12(11)15/h5-6,8,17H,7,16H2,1-4H3. The highest BCUT2D eigenvalue weighted by Crippen LogP contribution is 2.31. The second-order valence-electron chi connectivity index (χ2n) is 5.75. The normalized spacial score (nSPS) is 14.3. The van der Waals surface area contributed by atoms with Crippen molar-refractivity contribution in [2.45, 2.75) is 45.2 Å². The fourth-order valence-corrected chi connectivity index (χ4v) is 3.83. The smallest absolute Gasteiger partial charge is 0.242 e. The zero-order valence-corrected chi connectivity index (χ0v) is 14.3. The molecule has 0 spiro atoms. The van der Waals surface area contributed by atoms with Crippen LogP contribution in [0.15, 0.2) is 17.0 Å². The van der Waals surface area contributed by atoms with Gasteiger partial charge in [0.05, 0.1) is 5.02 Å². The SMILES string of the molecule is CC(NS(=O)(=O)c1ccc(Cl)c(CN)c1Cl)C(C)(C)C. The maximum absolute atomic E-state index is 12.4. The number of hydrogen-bond acceptors (Lipinski definition) is 3. The summed E-state index contributed by atoms with van der Waals surface area (Å²) in [6.45, 7) is 7.75. The lowest BCUT2D eigenvalue weighted by Crippen LogP contribution is -2.41. The Morgan fingerprint density at radius 1 is 1.30 bits per heavy atom. The Bertz CT molecular complexity index is 595. The van der Waals surface area contributed by atoms with Crippen LogP contribution in [0.25, 0.3) is 0 Å². The third kappa shape index (κ3) is 3.86. The number of hydrogen-bond donors (Lipinski definition) is 2. The summed E-state index contributed by atoms with van der Waals surface area (Å²) in [7, 11) is -3.72. The van der Waals surface area contributed by atoms with E-state index in [0.717, 1.165) is 0 Å². The fraction of sp³-hybridized carbons (Fsp3) is 0.538. The van der Waals surface area contributed by atoms with Gasteiger partial charge in [0.15, 0.2) is 0 Å². The Morgan fingerprint density at radius 2 is 1.85 bits per heavy atom. The van der Waals surface area contributed by atoms with Crippen LogP contribution in [-0.4, -0.2) is 14.5 Å². The van der Waals surface area contributed by atoms with Crippen molar-refractivity contribution in [3.05, 3.63) is 27.7 Å². The molecule has 0 saturated heterocycles. The highest BCUT2D eigenvalue weighted by Gasteiger charge is 2.28. The van der Waals surface area contributed by atoms with Crippen molar-refractivity contribution >= 4 is 33.2 Å². The summed E-state index contributed by atoms with van der Waals surface area (Å²) >= 11 is 12.1. The topological polar surface area (TPSA) is 72.2 Å². The van der Waals surface area contributed by atoms with E-state index in [9.17, 15) is 8.42 Å². The highest BCUT2D eigenvalue weighted by molar-refractivity contribution is 7.89. The number of halogens is 2. The summed E-state index contributed by atoms with van der Waals surface area (Å²) in [4.78, 5) is 0.000108. The van der Waals surface area contributed by atoms with Crippen molar-refractivity contribution in [1.29, 1.82) is 0 Å². The van der Waals surface area contributed by atoms with Crippen LogP contribution in [0.4, 0.5) is 0 Å². The molecule has 114 valence electrons. The van der Waals surface area contributed by atoms with Crippen LogP contribution < -0.4 is 10.5 Å². The second-order valence-corrected chi connectivity index (χ2v) is 8.22. The van der Waals surface area contributed by atoms with Gasteiger partial charge < -0.3 is 5.73 Å². The minimum absolute atomic E-state index is 0.000108. The minimum atomic E-state index is -3.72. The van der Waals surface area contributed by atoms with Crippen LogP contribution in [0.1, 0.15) is 33.3 Å². The van der Waals surface area contributed by atoms with Gasteiger partial charge in [-0.05, 0) is 24.5 Å². The summed E-state index contributed by atoms with van der Waals surface area (Å²) < 4.78 is 27.4. The van der Waals surface area contributed by atoms with Crippen molar-refractivity contribution in [3.63, 3.8) is 0 Å². The first-order valence-corrected chi connectivity index (χ1v) is 8.44. The third-order valence-corrected chi connectivity index (χ3v) is 5.76. The molecule has 0 bridgehead atoms. The van der Waals surface area contributed by atoms with Gasteiger partial charge in [0.1, 0.15) is 4.90 Å². The molecule has 7 heteroatoms. The van der Waals surface area contributed by atoms with E-state index in [1.165, 1.54) is 12.1 Å². The molecule has 1 rings (SSSR count). The molecule has 20 heavy (non-hydrogen) atoms. The Hall–Kier alpha value is -0.330. The Labute approximate surface area is 130 Å². The lowest BCUT2D eigenvalue weighted by molar-refractivity contribution is 0.317. The molecular weight excluding hydrogens is 319 g/mol. The number of nitrogens with one attached hydrogen (secondary N) is 1. The summed E-state index contributed by atoms with van der Waals surface area (Å²) in [5.74, 6) is 0. The summed E-state index contributed by atoms with van der Waals surface area (Å²) in [6, 6.07) is 2.63. The lowest BCUT2D eigenvalue weighted by atomic mass is 9.89. The van der Waals surface area contributed by atoms with E-state index in [1.54, 1.807) is 0 Å². The van der Waals surface area contributed by atoms with Gasteiger partial charge in [0.2, 0.25) is 10.0 Å². The van der Waals surface area contributed by atoms with E-state index in [4.69, 9.17) is 28.9 Å². The van der Waals surface area contributed by atoms with E-state index in [0.29, 0.717) is 10.6 Å². The van der Waals surface area contributed by atoms with Gasteiger partial charge in [-0.1, -0.05) is 44.0 Å². The van der Waals surface area contributed by atoms with Gasteiger partial charge >= 0.3 is 0 Å². The van der Waals surface area contributed by atoms with Crippen LogP contribution in [0.3, 0.4) is 0 Å². The number of nitrogens with two attached hydrogens (primary N) is 1. The summed E-state index contributed by atoms with van der Waals surface area (Å²) in [6.07, 6.45) is 0. The predicted octanol–water partition coefficient (Wildman–Crippen LogP) is 3.17. The van der Waals surface area contributed by atoms with Gasteiger partial charge in [-0.3, -0.25) is 0 Å². The monoisotopic (exact) mass is 338 g/mol. The molecule has 0 radical (unpaired) electrons. The fourth-order valence-electron chi connectivity index (χ4n) is 1.44. The van der Waals surface area contributed by atoms with Crippen molar-refractivity contribution in [2.75, 3.05) is 0 Å². The zero-order chi connectivity index (χ0) is 15.7. The Balaban J connectivity index is 3.24. The van der Waals surface area contributed by atoms with Crippen LogP contribution in [-0.2, 0) is 16.6 Å². The molecule has 1 unspecified atom stereocenters. The molecule has 0 aliphatic carbocycles. The highest BCUT2D eigenvalue weighted by atomic mass is 35.5. The maximum atomic E-state index is 12.4. The van der Waals surface area contributed by atoms with E-state index in [1.807, 2.05) is 27.7 Å². The first-order valence-electron chi connectivity index (χ1n) is 6.20. The predicted molar refractivity (Wildman–Crippen MR) is 83.6 cm³/mol. The van der Waals surface area contributed by atoms with Crippen LogP contribution >= 0.6 is 23.2 Å². The third-order valence-electron chi connectivity index (χ3n) is 3.28. The molecule has 1 aromatic carbocycles. The van der Waals surface area contributed by atoms with E-state index < -0.39 is 10.0 Å². The Morgan fingerprint density at radius 3 is 2.30 bits per heavy atom. The molecule has 0 aliphatic rings. The molecule has 4 nitrogen and oxygen atoms in total. The van der Waals surface area contributed by atoms with Crippen molar-refractivity contribution in [3.8, 4) is 0 Å². The van der Waals surface area contributed by atoms with Crippen molar-refractivity contribution in [1.82, 2.24) is 4.72 Å². The van der Waals surface area contributed by atoms with Crippen molar-refractivity contribution < 1.29 is 8.42 Å². The molecule has 0 aromatic heterocycles. The molecule has 0 heterocycles. The number of rotatable bonds is 4. The average molecular weight is 339 g/mol. The zero-order valence-electron chi connectivity index (χ0n) is 12.0. The van der Waals surface area contributed by atoms with Gasteiger partial charge in [-0.2, -0.15) is 0 Å². The molecule has 0 fully saturated rings. The molecule has 1 aromatic rings. The number of benzene rings is 1. The van der Waals surface area contributed by atoms with E-state index in [2.05, 4.69) is 4.72 Å². The number of sulfonamides is 1. The van der Waals surface area contributed by atoms with Gasteiger partial charge in [-0.25, -0.2) is 13.1 Å². The molecule has 0 aliphatic heterocycles. The lowest BCUT2D eigenvalue weighted by Gasteiger charge is -2.28.